The molecule has 0 rings (SSSR count). The van der Waals surface area contributed by atoms with Gasteiger partial charge in [0.05, 0.1) is 39.0 Å². The Hall–Kier alpha value is -2.83. The second-order valence-corrected chi connectivity index (χ2v) is 6.47. The van der Waals surface area contributed by atoms with Crippen LogP contribution in [0.3, 0.4) is 0 Å². The zero-order valence-electron chi connectivity index (χ0n) is 19.0. The fourth-order valence-corrected chi connectivity index (χ4v) is 2.19. The minimum atomic E-state index is -2.74. The molecule has 0 aliphatic heterocycles. The topological polar surface area (TPSA) is 288 Å². The van der Waals surface area contributed by atoms with Crippen molar-refractivity contribution >= 4 is 41.8 Å². The van der Waals surface area contributed by atoms with Gasteiger partial charge >= 0.3 is 71.3 Å². The molecule has 34 heavy (non-hydrogen) atoms. The van der Waals surface area contributed by atoms with Crippen molar-refractivity contribution in [2.75, 3.05) is 39.3 Å². The van der Waals surface area contributed by atoms with Gasteiger partial charge in [0.15, 0.2) is 5.60 Å². The fraction of sp³-hybridized carbons (Fsp3) is 0.562. The van der Waals surface area contributed by atoms with E-state index in [1.54, 1.807) is 0 Å². The van der Waals surface area contributed by atoms with Crippen molar-refractivity contribution in [3.05, 3.63) is 0 Å². The summed E-state index contributed by atoms with van der Waals surface area (Å²) < 4.78 is 0. The molecule has 0 atom stereocenters. The van der Waals surface area contributed by atoms with E-state index in [0.717, 1.165) is 9.80 Å². The molecule has 18 heteroatoms. The Bertz CT molecular complexity index is 679. The van der Waals surface area contributed by atoms with E-state index in [-0.39, 0.29) is 44.1 Å². The van der Waals surface area contributed by atoms with Gasteiger partial charge in [0.25, 0.3) is 0 Å². The summed E-state index contributed by atoms with van der Waals surface area (Å²) in [6.45, 7) is -2.25. The van der Waals surface area contributed by atoms with Crippen molar-refractivity contribution in [1.29, 1.82) is 0 Å². The smallest absolute Gasteiger partial charge is 1.00 e. The molecule has 0 aliphatic rings. The number of nitrogens with zero attached hydrogens (tertiary/aromatic N) is 2. The molecular weight excluding hydrogens is 483 g/mol. The predicted molar refractivity (Wildman–Crippen MR) is 102 cm³/mol. The van der Waals surface area contributed by atoms with Crippen molar-refractivity contribution in [2.24, 2.45) is 0 Å². The number of aliphatic carboxylic acids is 7. The van der Waals surface area contributed by atoms with E-state index >= 15 is 0 Å². The Morgan fingerprint density at radius 1 is 0.529 bits per heavy atom. The molecule has 0 radical (unpaired) electrons. The van der Waals surface area contributed by atoms with Gasteiger partial charge in [-0.25, -0.2) is 4.79 Å². The summed E-state index contributed by atoms with van der Waals surface area (Å²) in [5.74, 6) is -9.93. The molecule has 0 spiro atoms. The number of aliphatic hydroxyl groups is 1. The maximum atomic E-state index is 10.6. The van der Waals surface area contributed by atoms with Gasteiger partial charge in [-0.2, -0.15) is 0 Å². The minimum absolute atomic E-state index is 0. The maximum Gasteiger partial charge on any atom is 1.00 e. The van der Waals surface area contributed by atoms with Crippen molar-refractivity contribution in [3.63, 3.8) is 0 Å². The zero-order chi connectivity index (χ0) is 26.4. The molecule has 0 aromatic heterocycles. The van der Waals surface area contributed by atoms with Gasteiger partial charge in [-0.15, -0.1) is 0 Å². The van der Waals surface area contributed by atoms with Crippen LogP contribution < -0.4 is 29.6 Å². The SMILES string of the molecule is O=C(O)CC(O)(CC(=O)O)C(=O)O.O=C(O)CN(CCN(CC(=O)O)CC(=O)O)CC(=O)O.[H-].[Na+]. The van der Waals surface area contributed by atoms with E-state index in [4.69, 9.17) is 40.9 Å². The monoisotopic (exact) mass is 508 g/mol. The average molecular weight is 508 g/mol. The third kappa shape index (κ3) is 19.8. The molecular formula is C16H25N2NaO15. The van der Waals surface area contributed by atoms with E-state index in [9.17, 15) is 33.6 Å². The van der Waals surface area contributed by atoms with Gasteiger partial charge in [-0.05, 0) is 0 Å². The third-order valence-electron chi connectivity index (χ3n) is 3.45. The summed E-state index contributed by atoms with van der Waals surface area (Å²) in [7, 11) is 0. The van der Waals surface area contributed by atoms with Crippen LogP contribution in [0.5, 0.6) is 0 Å². The van der Waals surface area contributed by atoms with Crippen LogP contribution in [0.2, 0.25) is 0 Å². The standard InChI is InChI=1S/C10H16N2O8.C6H8O7.Na.H/c13-7(14)3-11(4-8(15)16)1-2-12(5-9(17)18)6-10(19)20;7-3(8)1-6(13,5(11)12)2-4(9)10;;/h1-6H2,(H,13,14)(H,15,16)(H,17,18)(H,19,20);13H,1-2H2,(H,7,8)(H,9,10)(H,11,12);;/q;;+1;-1. The number of carboxylic acids is 7. The average Bonchev–Trinajstić information content (AvgIpc) is 2.56. The zero-order valence-corrected chi connectivity index (χ0v) is 20.0. The largest absolute Gasteiger partial charge is 1.00 e. The van der Waals surface area contributed by atoms with E-state index < -0.39 is 86.4 Å². The van der Waals surface area contributed by atoms with Crippen LogP contribution in [0.25, 0.3) is 0 Å². The van der Waals surface area contributed by atoms with E-state index in [1.165, 1.54) is 0 Å². The third-order valence-corrected chi connectivity index (χ3v) is 3.45. The molecule has 0 amide bonds. The Morgan fingerprint density at radius 3 is 0.912 bits per heavy atom. The van der Waals surface area contributed by atoms with Crippen LogP contribution in [-0.2, 0) is 33.6 Å². The van der Waals surface area contributed by atoms with Crippen LogP contribution in [0.4, 0.5) is 0 Å². The molecule has 8 N–H and O–H groups in total. The molecule has 0 aromatic rings. The summed E-state index contributed by atoms with van der Waals surface area (Å²) in [5, 5.41) is 68.3. The van der Waals surface area contributed by atoms with Crippen molar-refractivity contribution in [2.45, 2.75) is 18.4 Å². The molecule has 0 aromatic carbocycles. The first-order chi connectivity index (χ1) is 15.0. The van der Waals surface area contributed by atoms with Gasteiger partial charge in [0, 0.05) is 13.1 Å². The van der Waals surface area contributed by atoms with Crippen LogP contribution in [0, 0.1) is 0 Å². The van der Waals surface area contributed by atoms with Gasteiger partial charge in [0.2, 0.25) is 0 Å². The Labute approximate surface area is 214 Å². The van der Waals surface area contributed by atoms with E-state index in [1.807, 2.05) is 0 Å². The van der Waals surface area contributed by atoms with Crippen molar-refractivity contribution < 1.29 is 105 Å². The van der Waals surface area contributed by atoms with E-state index in [0.29, 0.717) is 0 Å². The summed E-state index contributed by atoms with van der Waals surface area (Å²) in [5.41, 5.74) is -2.74. The molecule has 0 bridgehead atoms. The first kappa shape index (κ1) is 35.8. The summed E-state index contributed by atoms with van der Waals surface area (Å²) in [4.78, 5) is 74.8. The van der Waals surface area contributed by atoms with Gasteiger partial charge in [-0.3, -0.25) is 38.6 Å². The van der Waals surface area contributed by atoms with Gasteiger partial charge in [-0.1, -0.05) is 0 Å². The molecule has 0 heterocycles. The number of hydrogen-bond donors (Lipinski definition) is 8. The molecule has 0 fully saturated rings. The molecule has 190 valence electrons. The summed E-state index contributed by atoms with van der Waals surface area (Å²) in [6.07, 6.45) is -2.29. The first-order valence-electron chi connectivity index (χ1n) is 8.69. The molecule has 0 unspecified atom stereocenters. The number of hydrogen-bond acceptors (Lipinski definition) is 10. The molecule has 0 aliphatic carbocycles. The quantitative estimate of drug-likeness (QED) is 0.0899. The van der Waals surface area contributed by atoms with Crippen molar-refractivity contribution in [1.82, 2.24) is 9.80 Å². The second-order valence-electron chi connectivity index (χ2n) is 6.47. The Balaban J connectivity index is -0.000000281. The van der Waals surface area contributed by atoms with Gasteiger partial charge in [0.1, 0.15) is 0 Å². The predicted octanol–water partition coefficient (Wildman–Crippen LogP) is -6.20. The maximum absolute atomic E-state index is 10.6. The number of carbonyl (C=O) groups is 7. The molecule has 0 saturated heterocycles. The van der Waals surface area contributed by atoms with Crippen LogP contribution in [0.15, 0.2) is 0 Å². The number of carboxylic acid groups (broad SMARTS) is 7. The van der Waals surface area contributed by atoms with Crippen LogP contribution in [-0.4, -0.2) is 137 Å². The summed E-state index contributed by atoms with van der Waals surface area (Å²) in [6, 6.07) is 0. The fourth-order valence-electron chi connectivity index (χ4n) is 2.19. The van der Waals surface area contributed by atoms with E-state index in [2.05, 4.69) is 0 Å². The normalized spacial score (nSPS) is 10.4. The minimum Gasteiger partial charge on any atom is -1.00 e. The van der Waals surface area contributed by atoms with Gasteiger partial charge < -0.3 is 42.3 Å². The molecule has 17 nitrogen and oxygen atoms in total. The van der Waals surface area contributed by atoms with Crippen molar-refractivity contribution in [3.8, 4) is 0 Å². The summed E-state index contributed by atoms with van der Waals surface area (Å²) >= 11 is 0. The first-order valence-corrected chi connectivity index (χ1v) is 8.69. The van der Waals surface area contributed by atoms with Crippen LogP contribution >= 0.6 is 0 Å². The molecule has 0 saturated carbocycles. The Morgan fingerprint density at radius 2 is 0.765 bits per heavy atom. The second kappa shape index (κ2) is 17.6. The Kier molecular flexibility index (Phi) is 18.5. The number of rotatable bonds is 16. The van der Waals surface area contributed by atoms with Crippen LogP contribution in [0.1, 0.15) is 14.3 Å².